The summed E-state index contributed by atoms with van der Waals surface area (Å²) >= 11 is 0. The molecule has 110 valence electrons. The molecule has 1 aliphatic rings. The number of anilines is 1. The van der Waals surface area contributed by atoms with E-state index in [1.165, 1.54) is 18.7 Å². The van der Waals surface area contributed by atoms with Crippen LogP contribution in [0.4, 0.5) is 10.1 Å². The summed E-state index contributed by atoms with van der Waals surface area (Å²) in [5, 5.41) is 3.42. The minimum absolute atomic E-state index is 0.0808. The van der Waals surface area contributed by atoms with Gasteiger partial charge in [0.2, 0.25) is 0 Å². The zero-order valence-electron chi connectivity index (χ0n) is 12.2. The SMILES string of the molecule is CCOc1ccc2c(c1)CC(c1ccc(OC)c(F)c1)N2. The molecule has 0 saturated carbocycles. The Morgan fingerprint density at radius 1 is 1.24 bits per heavy atom. The lowest BCUT2D eigenvalue weighted by Gasteiger charge is -2.12. The predicted octanol–water partition coefficient (Wildman–Crippen LogP) is 3.94. The molecule has 3 nitrogen and oxygen atoms in total. The van der Waals surface area contributed by atoms with Crippen LogP contribution in [0.3, 0.4) is 0 Å². The molecule has 1 N–H and O–H groups in total. The first kappa shape index (κ1) is 13.7. The highest BCUT2D eigenvalue weighted by Crippen LogP contribution is 2.37. The average Bonchev–Trinajstić information content (AvgIpc) is 2.90. The van der Waals surface area contributed by atoms with Crippen LogP contribution in [0.5, 0.6) is 11.5 Å². The van der Waals surface area contributed by atoms with Gasteiger partial charge in [-0.05, 0) is 54.8 Å². The van der Waals surface area contributed by atoms with Gasteiger partial charge in [0.15, 0.2) is 11.6 Å². The highest BCUT2D eigenvalue weighted by atomic mass is 19.1. The molecule has 3 rings (SSSR count). The summed E-state index contributed by atoms with van der Waals surface area (Å²) in [5.74, 6) is 0.815. The average molecular weight is 287 g/mol. The maximum atomic E-state index is 13.8. The summed E-state index contributed by atoms with van der Waals surface area (Å²) in [5.41, 5.74) is 3.20. The molecule has 0 aliphatic carbocycles. The van der Waals surface area contributed by atoms with Crippen LogP contribution < -0.4 is 14.8 Å². The molecule has 2 aromatic carbocycles. The Labute approximate surface area is 123 Å². The maximum Gasteiger partial charge on any atom is 0.165 e. The van der Waals surface area contributed by atoms with Gasteiger partial charge in [0, 0.05) is 5.69 Å². The van der Waals surface area contributed by atoms with Gasteiger partial charge in [0.25, 0.3) is 0 Å². The smallest absolute Gasteiger partial charge is 0.165 e. The molecule has 0 saturated heterocycles. The van der Waals surface area contributed by atoms with Crippen molar-refractivity contribution in [3.8, 4) is 11.5 Å². The number of benzene rings is 2. The molecule has 1 aliphatic heterocycles. The fourth-order valence-corrected chi connectivity index (χ4v) is 2.70. The normalized spacial score (nSPS) is 16.2. The van der Waals surface area contributed by atoms with Crippen molar-refractivity contribution < 1.29 is 13.9 Å². The second kappa shape index (κ2) is 5.64. The molecule has 0 aromatic heterocycles. The highest BCUT2D eigenvalue weighted by Gasteiger charge is 2.23. The Kier molecular flexibility index (Phi) is 3.69. The standard InChI is InChI=1S/C17H18FNO2/c1-3-21-13-5-6-15-12(8-13)10-16(19-15)11-4-7-17(20-2)14(18)9-11/h4-9,16,19H,3,10H2,1-2H3. The molecular formula is C17H18FNO2. The van der Waals surface area contributed by atoms with Crippen LogP contribution in [-0.2, 0) is 6.42 Å². The Hall–Kier alpha value is -2.23. The van der Waals surface area contributed by atoms with E-state index in [1.807, 2.05) is 31.2 Å². The molecule has 0 fully saturated rings. The monoisotopic (exact) mass is 287 g/mol. The molecule has 21 heavy (non-hydrogen) atoms. The number of nitrogens with one attached hydrogen (secondary N) is 1. The molecule has 0 amide bonds. The third kappa shape index (κ3) is 2.66. The number of methoxy groups -OCH3 is 1. The van der Waals surface area contributed by atoms with Gasteiger partial charge in [0.05, 0.1) is 19.8 Å². The van der Waals surface area contributed by atoms with E-state index in [1.54, 1.807) is 6.07 Å². The van der Waals surface area contributed by atoms with Crippen molar-refractivity contribution in [2.45, 2.75) is 19.4 Å². The largest absolute Gasteiger partial charge is 0.494 e. The Morgan fingerprint density at radius 3 is 2.81 bits per heavy atom. The number of hydrogen-bond donors (Lipinski definition) is 1. The number of hydrogen-bond acceptors (Lipinski definition) is 3. The fraction of sp³-hybridized carbons (Fsp3) is 0.294. The first-order valence-corrected chi connectivity index (χ1v) is 7.07. The van der Waals surface area contributed by atoms with Crippen molar-refractivity contribution >= 4 is 5.69 Å². The quantitative estimate of drug-likeness (QED) is 0.924. The van der Waals surface area contributed by atoms with Gasteiger partial charge >= 0.3 is 0 Å². The highest BCUT2D eigenvalue weighted by molar-refractivity contribution is 5.60. The molecule has 1 heterocycles. The fourth-order valence-electron chi connectivity index (χ4n) is 2.70. The molecule has 0 bridgehead atoms. The lowest BCUT2D eigenvalue weighted by molar-refractivity contribution is 0.340. The first-order chi connectivity index (χ1) is 10.2. The van der Waals surface area contributed by atoms with Crippen molar-refractivity contribution in [2.75, 3.05) is 19.0 Å². The molecule has 2 aromatic rings. The predicted molar refractivity (Wildman–Crippen MR) is 80.6 cm³/mol. The second-order valence-electron chi connectivity index (χ2n) is 5.05. The van der Waals surface area contributed by atoms with Gasteiger partial charge in [-0.2, -0.15) is 0 Å². The second-order valence-corrected chi connectivity index (χ2v) is 5.05. The lowest BCUT2D eigenvalue weighted by atomic mass is 10.0. The number of fused-ring (bicyclic) bond motifs is 1. The zero-order chi connectivity index (χ0) is 14.8. The topological polar surface area (TPSA) is 30.5 Å². The molecule has 1 atom stereocenters. The van der Waals surface area contributed by atoms with Gasteiger partial charge in [0.1, 0.15) is 5.75 Å². The van der Waals surface area contributed by atoms with Gasteiger partial charge in [-0.15, -0.1) is 0 Å². The van der Waals surface area contributed by atoms with E-state index >= 15 is 0 Å². The van der Waals surface area contributed by atoms with Crippen LogP contribution >= 0.6 is 0 Å². The van der Waals surface area contributed by atoms with E-state index in [9.17, 15) is 4.39 Å². The van der Waals surface area contributed by atoms with E-state index < -0.39 is 0 Å². The minimum atomic E-state index is -0.331. The summed E-state index contributed by atoms with van der Waals surface area (Å²) in [7, 11) is 1.47. The number of rotatable bonds is 4. The minimum Gasteiger partial charge on any atom is -0.494 e. The molecular weight excluding hydrogens is 269 g/mol. The van der Waals surface area contributed by atoms with E-state index in [4.69, 9.17) is 9.47 Å². The van der Waals surface area contributed by atoms with Gasteiger partial charge in [-0.25, -0.2) is 4.39 Å². The van der Waals surface area contributed by atoms with Crippen molar-refractivity contribution in [1.82, 2.24) is 0 Å². The summed E-state index contributed by atoms with van der Waals surface area (Å²) < 4.78 is 24.3. The van der Waals surface area contributed by atoms with Crippen LogP contribution in [0, 0.1) is 5.82 Å². The van der Waals surface area contributed by atoms with Gasteiger partial charge in [-0.1, -0.05) is 6.07 Å². The van der Waals surface area contributed by atoms with Crippen LogP contribution in [0.25, 0.3) is 0 Å². The molecule has 0 radical (unpaired) electrons. The summed E-state index contributed by atoms with van der Waals surface area (Å²) in [6.45, 7) is 2.62. The van der Waals surface area contributed by atoms with Gasteiger partial charge < -0.3 is 14.8 Å². The number of ether oxygens (including phenoxy) is 2. The van der Waals surface area contributed by atoms with Crippen molar-refractivity contribution in [3.05, 3.63) is 53.3 Å². The Balaban J connectivity index is 1.82. The first-order valence-electron chi connectivity index (χ1n) is 7.07. The van der Waals surface area contributed by atoms with E-state index in [0.29, 0.717) is 6.61 Å². The van der Waals surface area contributed by atoms with Crippen LogP contribution in [-0.4, -0.2) is 13.7 Å². The van der Waals surface area contributed by atoms with Crippen molar-refractivity contribution in [2.24, 2.45) is 0 Å². The summed E-state index contributed by atoms with van der Waals surface area (Å²) in [6, 6.07) is 11.2. The van der Waals surface area contributed by atoms with Crippen LogP contribution in [0.2, 0.25) is 0 Å². The lowest BCUT2D eigenvalue weighted by Crippen LogP contribution is -2.06. The van der Waals surface area contributed by atoms with Crippen LogP contribution in [0.1, 0.15) is 24.1 Å². The van der Waals surface area contributed by atoms with E-state index in [0.717, 1.165) is 23.4 Å². The van der Waals surface area contributed by atoms with Crippen molar-refractivity contribution in [3.63, 3.8) is 0 Å². The summed E-state index contributed by atoms with van der Waals surface area (Å²) in [4.78, 5) is 0. The molecule has 0 spiro atoms. The third-order valence-electron chi connectivity index (χ3n) is 3.72. The van der Waals surface area contributed by atoms with Gasteiger partial charge in [-0.3, -0.25) is 0 Å². The van der Waals surface area contributed by atoms with E-state index in [2.05, 4.69) is 5.32 Å². The molecule has 4 heteroatoms. The van der Waals surface area contributed by atoms with Crippen LogP contribution in [0.15, 0.2) is 36.4 Å². The van der Waals surface area contributed by atoms with Crippen molar-refractivity contribution in [1.29, 1.82) is 0 Å². The Bertz CT molecular complexity index is 657. The Morgan fingerprint density at radius 2 is 2.10 bits per heavy atom. The summed E-state index contributed by atoms with van der Waals surface area (Å²) in [6.07, 6.45) is 0.821. The third-order valence-corrected chi connectivity index (χ3v) is 3.72. The maximum absolute atomic E-state index is 13.8. The number of halogens is 1. The zero-order valence-corrected chi connectivity index (χ0v) is 12.2. The molecule has 1 unspecified atom stereocenters. The van der Waals surface area contributed by atoms with E-state index in [-0.39, 0.29) is 17.6 Å².